The fourth-order valence-electron chi connectivity index (χ4n) is 17.0. The van der Waals surface area contributed by atoms with Crippen LogP contribution in [0.5, 0.6) is 23.0 Å². The van der Waals surface area contributed by atoms with Crippen molar-refractivity contribution in [1.29, 1.82) is 0 Å². The minimum atomic E-state index is -0.443. The maximum Gasteiger partial charge on any atom is 0.252 e. The number of nitrogens with one attached hydrogen (secondary N) is 4. The molecule has 12 aromatic rings. The molecular weight excluding hydrogens is 1610 g/mol. The number of amides is 4. The van der Waals surface area contributed by atoms with Gasteiger partial charge in [0.25, 0.3) is 23.6 Å². The number of fused-ring (bicyclic) bond motifs is 4. The highest BCUT2D eigenvalue weighted by Crippen LogP contribution is 2.51. The summed E-state index contributed by atoms with van der Waals surface area (Å²) in [4.78, 5) is 70.5. The number of halogens is 6. The summed E-state index contributed by atoms with van der Waals surface area (Å²) in [7, 11) is 0. The van der Waals surface area contributed by atoms with E-state index in [0.29, 0.717) is 32.3 Å². The van der Waals surface area contributed by atoms with Crippen molar-refractivity contribution in [3.05, 3.63) is 377 Å². The maximum atomic E-state index is 13.2. The number of hydrogen-bond donors (Lipinski definition) is 4. The van der Waals surface area contributed by atoms with Gasteiger partial charge in [-0.15, -0.1) is 0 Å². The average molecular weight is 1710 g/mol. The zero-order chi connectivity index (χ0) is 85.7. The third-order valence-electron chi connectivity index (χ3n) is 24.4. The predicted octanol–water partition coefficient (Wildman–Crippen LogP) is 22.3. The molecule has 22 heteroatoms. The lowest BCUT2D eigenvalue weighted by atomic mass is 9.92. The first-order chi connectivity index (χ1) is 60.1. The van der Waals surface area contributed by atoms with Crippen LogP contribution < -0.4 is 40.2 Å². The molecule has 4 saturated carbocycles. The van der Waals surface area contributed by atoms with Crippen LogP contribution in [0.3, 0.4) is 0 Å². The Bertz CT molecular complexity index is 5230. The van der Waals surface area contributed by atoms with Crippen molar-refractivity contribution in [2.24, 2.45) is 0 Å². The van der Waals surface area contributed by atoms with Crippen LogP contribution in [0.1, 0.15) is 248 Å². The van der Waals surface area contributed by atoms with E-state index in [9.17, 15) is 36.7 Å². The van der Waals surface area contributed by atoms with E-state index in [0.717, 1.165) is 219 Å². The van der Waals surface area contributed by atoms with Crippen molar-refractivity contribution in [2.75, 3.05) is 0 Å². The van der Waals surface area contributed by atoms with Crippen molar-refractivity contribution in [3.63, 3.8) is 0 Å². The van der Waals surface area contributed by atoms with Gasteiger partial charge in [0.1, 0.15) is 70.7 Å². The largest absolute Gasteiger partial charge is 0.486 e. The Labute approximate surface area is 728 Å². The van der Waals surface area contributed by atoms with Crippen LogP contribution >= 0.6 is 23.2 Å². The van der Waals surface area contributed by atoms with Gasteiger partial charge in [0.15, 0.2) is 0 Å². The summed E-state index contributed by atoms with van der Waals surface area (Å²) in [6.07, 6.45) is 18.1. The Morgan fingerprint density at radius 3 is 0.750 bits per heavy atom. The van der Waals surface area contributed by atoms with E-state index in [1.807, 2.05) is 97.1 Å². The predicted molar refractivity (Wildman–Crippen MR) is 467 cm³/mol. The van der Waals surface area contributed by atoms with Crippen molar-refractivity contribution >= 4 is 46.8 Å². The van der Waals surface area contributed by atoms with Crippen molar-refractivity contribution < 1.29 is 55.7 Å². The molecule has 124 heavy (non-hydrogen) atoms. The normalized spacial score (nSPS) is 18.7. The van der Waals surface area contributed by atoms with E-state index in [-0.39, 0.29) is 71.3 Å². The van der Waals surface area contributed by atoms with E-state index < -0.39 is 22.2 Å². The molecule has 632 valence electrons. The minimum absolute atomic E-state index is 0.00365. The maximum absolute atomic E-state index is 13.2. The van der Waals surface area contributed by atoms with Crippen molar-refractivity contribution in [1.82, 2.24) is 41.2 Å². The number of carbonyl (C=O) groups excluding carboxylic acids is 4. The summed E-state index contributed by atoms with van der Waals surface area (Å²) in [6.45, 7) is 4.12. The lowest BCUT2D eigenvalue weighted by Crippen LogP contribution is -2.36. The molecule has 4 fully saturated rings. The number of carbonyl (C=O) groups is 4. The van der Waals surface area contributed by atoms with Crippen molar-refractivity contribution in [2.45, 2.75) is 189 Å². The zero-order valence-corrected chi connectivity index (χ0v) is 70.4. The topological polar surface area (TPSA) is 205 Å². The van der Waals surface area contributed by atoms with Gasteiger partial charge in [-0.1, -0.05) is 83.9 Å². The molecule has 4 amide bonds. The van der Waals surface area contributed by atoms with Crippen LogP contribution in [0, 0.1) is 37.1 Å². The second-order valence-corrected chi connectivity index (χ2v) is 34.5. The van der Waals surface area contributed by atoms with Crippen molar-refractivity contribution in [3.8, 4) is 23.0 Å². The number of nitrogens with zero attached hydrogens (tertiary/aromatic N) is 4. The highest BCUT2D eigenvalue weighted by molar-refractivity contribution is 6.31. The average Bonchev–Trinajstić information content (AvgIpc) is 1.61. The van der Waals surface area contributed by atoms with Gasteiger partial charge < -0.3 is 40.2 Å². The van der Waals surface area contributed by atoms with Crippen LogP contribution in [-0.4, -0.2) is 43.6 Å². The monoisotopic (exact) mass is 1700 g/mol. The third-order valence-corrected chi connectivity index (χ3v) is 24.9. The molecule has 16 nitrogen and oxygen atoms in total. The van der Waals surface area contributed by atoms with Gasteiger partial charge in [0, 0.05) is 77.3 Å². The highest BCUT2D eigenvalue weighted by Gasteiger charge is 2.51. The highest BCUT2D eigenvalue weighted by atomic mass is 35.5. The molecule has 8 aliphatic rings. The van der Waals surface area contributed by atoms with Crippen LogP contribution in [0.15, 0.2) is 243 Å². The molecule has 0 bridgehead atoms. The molecular formula is C102H94Cl2F4N8O8. The number of aryl methyl sites for hydroxylation is 6. The number of benzene rings is 8. The third kappa shape index (κ3) is 19.8. The Morgan fingerprint density at radius 1 is 0.306 bits per heavy atom. The van der Waals surface area contributed by atoms with E-state index in [1.54, 1.807) is 0 Å². The molecule has 4 N–H and O–H groups in total. The smallest absolute Gasteiger partial charge is 0.252 e. The summed E-state index contributed by atoms with van der Waals surface area (Å²) in [5, 5.41) is 13.8. The number of ether oxygens (including phenoxy) is 4. The Balaban J connectivity index is 0.000000117. The lowest BCUT2D eigenvalue weighted by Gasteiger charge is -2.27. The van der Waals surface area contributed by atoms with Gasteiger partial charge in [0.2, 0.25) is 0 Å². The van der Waals surface area contributed by atoms with Gasteiger partial charge in [-0.2, -0.15) is 0 Å². The molecule has 20 rings (SSSR count). The molecule has 0 unspecified atom stereocenters. The van der Waals surface area contributed by atoms with Gasteiger partial charge in [-0.3, -0.25) is 39.1 Å². The fourth-order valence-corrected chi connectivity index (χ4v) is 17.3. The fraction of sp³-hybridized carbons (Fsp3) is 0.294. The van der Waals surface area contributed by atoms with Gasteiger partial charge in [-0.25, -0.2) is 17.6 Å². The molecule has 4 heterocycles. The summed E-state index contributed by atoms with van der Waals surface area (Å²) in [6, 6.07) is 70.0. The molecule has 8 aromatic carbocycles. The zero-order valence-electron chi connectivity index (χ0n) is 68.9. The van der Waals surface area contributed by atoms with E-state index >= 15 is 0 Å². The molecule has 0 aliphatic heterocycles. The quantitative estimate of drug-likeness (QED) is 0.0526. The van der Waals surface area contributed by atoms with Gasteiger partial charge >= 0.3 is 0 Å². The first-order valence-corrected chi connectivity index (χ1v) is 43.5. The van der Waals surface area contributed by atoms with Crippen LogP contribution in [0.4, 0.5) is 17.6 Å². The second kappa shape index (κ2) is 36.3. The number of aromatic nitrogens is 4. The number of hydrogen-bond acceptors (Lipinski definition) is 12. The summed E-state index contributed by atoms with van der Waals surface area (Å²) in [5.74, 6) is 1.03. The SMILES string of the molecule is Cc1cccc(O[C@@H]2CCCc3nc(C4(NC(=O)c5ccc(F)cc5)CC4)ccc32)c1.Cc1cccc(O[C@H]2CCCc3nc(C4(NC(=O)c5ccc(F)cc5)CC4)ccc32)c1.O=C(NC1(c2ccc3c(n2)CCC[C@@H]3Oc2cccc(Cl)c2)CC1)c1ccc(F)cc1.O=C(NC1(c2ccc3c(n2)CCC[C@H]3Oc2cccc(Cl)c2)CC1)c1ccc(F)cc1. The summed E-state index contributed by atoms with van der Waals surface area (Å²) in [5.41, 5.74) is 14.6. The van der Waals surface area contributed by atoms with E-state index in [1.165, 1.54) is 108 Å². The van der Waals surface area contributed by atoms with Crippen LogP contribution in [0.25, 0.3) is 0 Å². The standard InChI is InChI=1S/2C26H25FN2O2.2C25H22ClFN2O2/c2*1-17-4-2-5-20(16-17)31-23-7-3-6-22-21(23)12-13-24(28-22)26(14-15-26)29-25(30)18-8-10-19(27)11-9-18;2*26-17-3-1-4-19(15-17)31-22-6-2-5-21-20(22)11-12-23(28-21)25(13-14-25)29-24(30)16-7-9-18(27)10-8-16/h2*2,4-5,8-13,16,23H,3,6-7,14-15H2,1H3,(H,29,30);2*1,3-4,7-12,15,22H,2,5-6,13-14H2,(H,29,30)/t2*23-;2*22-/m1010/s1. The summed E-state index contributed by atoms with van der Waals surface area (Å²) < 4.78 is 77.6. The first-order valence-electron chi connectivity index (χ1n) is 42.7. The van der Waals surface area contributed by atoms with Crippen LogP contribution in [0.2, 0.25) is 10.0 Å². The van der Waals surface area contributed by atoms with E-state index in [2.05, 4.69) is 83.6 Å². The molecule has 0 saturated heterocycles. The van der Waals surface area contributed by atoms with Crippen LogP contribution in [-0.2, 0) is 47.8 Å². The Morgan fingerprint density at radius 2 is 0.532 bits per heavy atom. The Hall–Kier alpha value is -12.3. The van der Waals surface area contributed by atoms with Gasteiger partial charge in [0.05, 0.1) is 44.9 Å². The molecule has 0 spiro atoms. The molecule has 8 aliphatic carbocycles. The molecule has 4 aromatic heterocycles. The minimum Gasteiger partial charge on any atom is -0.486 e. The second-order valence-electron chi connectivity index (χ2n) is 33.6. The number of pyridine rings is 4. The number of rotatable bonds is 20. The lowest BCUT2D eigenvalue weighted by molar-refractivity contribution is 0.0921. The Kier molecular flexibility index (Phi) is 24.6. The molecule has 4 atom stereocenters. The summed E-state index contributed by atoms with van der Waals surface area (Å²) >= 11 is 12.2. The van der Waals surface area contributed by atoms with Gasteiger partial charge in [-0.05, 0) is 335 Å². The van der Waals surface area contributed by atoms with E-state index in [4.69, 9.17) is 62.1 Å². The first kappa shape index (κ1) is 84.0. The molecule has 0 radical (unpaired) electrons.